The van der Waals surface area contributed by atoms with Crippen LogP contribution in [-0.2, 0) is 4.79 Å². The van der Waals surface area contributed by atoms with E-state index in [1.165, 1.54) is 13.0 Å². The van der Waals surface area contributed by atoms with E-state index in [1.807, 2.05) is 6.07 Å². The van der Waals surface area contributed by atoms with E-state index in [4.69, 9.17) is 5.73 Å². The van der Waals surface area contributed by atoms with Gasteiger partial charge in [0.15, 0.2) is 5.78 Å². The molecule has 106 valence electrons. The summed E-state index contributed by atoms with van der Waals surface area (Å²) in [4.78, 5) is 23.3. The normalized spacial score (nSPS) is 11.0. The third-order valence-electron chi connectivity index (χ3n) is 2.89. The number of hydrogen-bond donors (Lipinski definition) is 2. The predicted octanol–water partition coefficient (Wildman–Crippen LogP) is 2.83. The van der Waals surface area contributed by atoms with Gasteiger partial charge in [-0.2, -0.15) is 0 Å². The number of ketones is 1. The predicted molar refractivity (Wildman–Crippen MR) is 83.7 cm³/mol. The number of anilines is 1. The topological polar surface area (TPSA) is 72.2 Å². The van der Waals surface area contributed by atoms with E-state index >= 15 is 0 Å². The van der Waals surface area contributed by atoms with E-state index in [2.05, 4.69) is 5.32 Å². The lowest BCUT2D eigenvalue weighted by atomic mass is 10.1. The van der Waals surface area contributed by atoms with Crippen LogP contribution < -0.4 is 11.1 Å². The summed E-state index contributed by atoms with van der Waals surface area (Å²) in [5, 5.41) is 2.70. The van der Waals surface area contributed by atoms with Crippen molar-refractivity contribution >= 4 is 23.1 Å². The van der Waals surface area contributed by atoms with Crippen LogP contribution in [0.25, 0.3) is 5.70 Å². The van der Waals surface area contributed by atoms with Crippen LogP contribution >= 0.6 is 0 Å². The van der Waals surface area contributed by atoms with Gasteiger partial charge in [0.1, 0.15) is 0 Å². The molecule has 0 aliphatic carbocycles. The standard InChI is InChI=1S/C17H16N2O2/c1-12(20)19-16-10-6-5-9-14(16)15(18)11-17(21)13-7-3-2-4-8-13/h2-11H,18H2,1H3,(H,19,20)/b15-11-. The van der Waals surface area contributed by atoms with Crippen LogP contribution in [-0.4, -0.2) is 11.7 Å². The average Bonchev–Trinajstić information content (AvgIpc) is 2.48. The molecular formula is C17H16N2O2. The Labute approximate surface area is 123 Å². The molecule has 2 aromatic rings. The maximum atomic E-state index is 12.1. The minimum atomic E-state index is -0.190. The Morgan fingerprint density at radius 2 is 1.62 bits per heavy atom. The number of carbonyl (C=O) groups excluding carboxylic acids is 2. The Bertz CT molecular complexity index is 691. The van der Waals surface area contributed by atoms with Crippen LogP contribution in [0.3, 0.4) is 0 Å². The molecule has 0 spiro atoms. The first-order chi connectivity index (χ1) is 10.1. The number of carbonyl (C=O) groups is 2. The maximum absolute atomic E-state index is 12.1. The van der Waals surface area contributed by atoms with E-state index in [9.17, 15) is 9.59 Å². The summed E-state index contributed by atoms with van der Waals surface area (Å²) in [5.74, 6) is -0.365. The minimum absolute atomic E-state index is 0.175. The van der Waals surface area contributed by atoms with Crippen LogP contribution in [0.5, 0.6) is 0 Å². The van der Waals surface area contributed by atoms with E-state index in [0.29, 0.717) is 22.5 Å². The van der Waals surface area contributed by atoms with E-state index in [-0.39, 0.29) is 11.7 Å². The van der Waals surface area contributed by atoms with Gasteiger partial charge in [0, 0.05) is 29.8 Å². The molecule has 4 nitrogen and oxygen atoms in total. The molecule has 0 aliphatic rings. The second kappa shape index (κ2) is 6.52. The highest BCUT2D eigenvalue weighted by atomic mass is 16.1. The first-order valence-corrected chi connectivity index (χ1v) is 6.51. The molecule has 0 fully saturated rings. The van der Waals surface area contributed by atoms with Crippen LogP contribution in [0.2, 0.25) is 0 Å². The van der Waals surface area contributed by atoms with Crippen molar-refractivity contribution in [1.29, 1.82) is 0 Å². The van der Waals surface area contributed by atoms with Gasteiger partial charge in [-0.25, -0.2) is 0 Å². The molecule has 0 bridgehead atoms. The molecule has 4 heteroatoms. The van der Waals surface area contributed by atoms with Crippen LogP contribution in [0.15, 0.2) is 60.7 Å². The van der Waals surface area contributed by atoms with Crippen molar-refractivity contribution in [3.63, 3.8) is 0 Å². The number of allylic oxidation sites excluding steroid dienone is 1. The molecule has 0 aromatic heterocycles. The molecule has 3 N–H and O–H groups in total. The van der Waals surface area contributed by atoms with Gasteiger partial charge in [0.25, 0.3) is 0 Å². The van der Waals surface area contributed by atoms with Crippen LogP contribution in [0.1, 0.15) is 22.8 Å². The second-order valence-electron chi connectivity index (χ2n) is 4.56. The van der Waals surface area contributed by atoms with Gasteiger partial charge in [-0.3, -0.25) is 9.59 Å². The van der Waals surface area contributed by atoms with Gasteiger partial charge in [-0.05, 0) is 6.07 Å². The lowest BCUT2D eigenvalue weighted by Gasteiger charge is -2.09. The molecule has 0 radical (unpaired) electrons. The minimum Gasteiger partial charge on any atom is -0.398 e. The van der Waals surface area contributed by atoms with Crippen LogP contribution in [0, 0.1) is 0 Å². The Kier molecular flexibility index (Phi) is 4.51. The lowest BCUT2D eigenvalue weighted by molar-refractivity contribution is -0.114. The molecule has 0 unspecified atom stereocenters. The number of hydrogen-bond acceptors (Lipinski definition) is 3. The lowest BCUT2D eigenvalue weighted by Crippen LogP contribution is -2.10. The Morgan fingerprint density at radius 1 is 1.00 bits per heavy atom. The smallest absolute Gasteiger partial charge is 0.221 e. The monoisotopic (exact) mass is 280 g/mol. The summed E-state index contributed by atoms with van der Waals surface area (Å²) in [6, 6.07) is 16.0. The van der Waals surface area contributed by atoms with E-state index in [0.717, 1.165) is 0 Å². The highest BCUT2D eigenvalue weighted by molar-refractivity contribution is 6.09. The van der Waals surface area contributed by atoms with Gasteiger partial charge < -0.3 is 11.1 Å². The summed E-state index contributed by atoms with van der Waals surface area (Å²) < 4.78 is 0. The van der Waals surface area contributed by atoms with Gasteiger partial charge in [0.05, 0.1) is 5.69 Å². The summed E-state index contributed by atoms with van der Waals surface area (Å²) in [5.41, 5.74) is 8.08. The zero-order valence-electron chi connectivity index (χ0n) is 11.7. The van der Waals surface area contributed by atoms with Crippen molar-refractivity contribution in [1.82, 2.24) is 0 Å². The summed E-state index contributed by atoms with van der Waals surface area (Å²) >= 11 is 0. The Hall–Kier alpha value is -2.88. The summed E-state index contributed by atoms with van der Waals surface area (Å²) in [7, 11) is 0. The summed E-state index contributed by atoms with van der Waals surface area (Å²) in [6.07, 6.45) is 1.37. The van der Waals surface area contributed by atoms with Gasteiger partial charge in [0.2, 0.25) is 5.91 Å². The number of rotatable bonds is 4. The first-order valence-electron chi connectivity index (χ1n) is 6.51. The second-order valence-corrected chi connectivity index (χ2v) is 4.56. The molecule has 1 amide bonds. The third kappa shape index (κ3) is 3.79. The number of para-hydroxylation sites is 1. The molecule has 0 aliphatic heterocycles. The zero-order valence-corrected chi connectivity index (χ0v) is 11.7. The van der Waals surface area contributed by atoms with Crippen LogP contribution in [0.4, 0.5) is 5.69 Å². The highest BCUT2D eigenvalue weighted by Crippen LogP contribution is 2.21. The van der Waals surface area contributed by atoms with Crippen molar-refractivity contribution in [2.45, 2.75) is 6.92 Å². The number of amides is 1. The van der Waals surface area contributed by atoms with Gasteiger partial charge >= 0.3 is 0 Å². The van der Waals surface area contributed by atoms with E-state index < -0.39 is 0 Å². The fourth-order valence-corrected chi connectivity index (χ4v) is 1.94. The third-order valence-corrected chi connectivity index (χ3v) is 2.89. The Balaban J connectivity index is 2.31. The molecular weight excluding hydrogens is 264 g/mol. The van der Waals surface area contributed by atoms with Gasteiger partial charge in [-0.1, -0.05) is 48.5 Å². The quantitative estimate of drug-likeness (QED) is 0.668. The maximum Gasteiger partial charge on any atom is 0.221 e. The van der Waals surface area contributed by atoms with Crippen molar-refractivity contribution < 1.29 is 9.59 Å². The SMILES string of the molecule is CC(=O)Nc1ccccc1/C(N)=C/C(=O)c1ccccc1. The molecule has 0 heterocycles. The largest absolute Gasteiger partial charge is 0.398 e. The number of benzene rings is 2. The zero-order chi connectivity index (χ0) is 15.2. The fourth-order valence-electron chi connectivity index (χ4n) is 1.94. The average molecular weight is 280 g/mol. The molecule has 0 saturated carbocycles. The fraction of sp³-hybridized carbons (Fsp3) is 0.0588. The molecule has 21 heavy (non-hydrogen) atoms. The van der Waals surface area contributed by atoms with Crippen molar-refractivity contribution in [3.05, 3.63) is 71.8 Å². The highest BCUT2D eigenvalue weighted by Gasteiger charge is 2.08. The number of nitrogens with two attached hydrogens (primary N) is 1. The van der Waals surface area contributed by atoms with Crippen molar-refractivity contribution in [2.75, 3.05) is 5.32 Å². The Morgan fingerprint density at radius 3 is 2.29 bits per heavy atom. The van der Waals surface area contributed by atoms with Crippen molar-refractivity contribution in [3.8, 4) is 0 Å². The molecule has 2 rings (SSSR count). The molecule has 0 atom stereocenters. The number of nitrogens with one attached hydrogen (secondary N) is 1. The molecule has 0 saturated heterocycles. The molecule has 2 aromatic carbocycles. The summed E-state index contributed by atoms with van der Waals surface area (Å²) in [6.45, 7) is 1.42. The first kappa shape index (κ1) is 14.5. The van der Waals surface area contributed by atoms with E-state index in [1.54, 1.807) is 48.5 Å². The van der Waals surface area contributed by atoms with Crippen molar-refractivity contribution in [2.24, 2.45) is 5.73 Å². The van der Waals surface area contributed by atoms with Gasteiger partial charge in [-0.15, -0.1) is 0 Å².